The highest BCUT2D eigenvalue weighted by atomic mass is 16.6. The van der Waals surface area contributed by atoms with Crippen molar-refractivity contribution in [1.29, 1.82) is 0 Å². The maximum absolute atomic E-state index is 12.5. The Balaban J connectivity index is 2.12. The van der Waals surface area contributed by atoms with Gasteiger partial charge in [-0.2, -0.15) is 0 Å². The number of benzene rings is 1. The van der Waals surface area contributed by atoms with E-state index in [4.69, 9.17) is 9.47 Å². The van der Waals surface area contributed by atoms with Crippen LogP contribution in [0, 0.1) is 10.1 Å². The number of aliphatic hydroxyl groups is 1. The van der Waals surface area contributed by atoms with Gasteiger partial charge in [0.05, 0.1) is 24.6 Å². The highest BCUT2D eigenvalue weighted by molar-refractivity contribution is 5.91. The number of fused-ring (bicyclic) bond motifs is 1. The predicted octanol–water partition coefficient (Wildman–Crippen LogP) is 2.32. The molecule has 2 aliphatic rings. The van der Waals surface area contributed by atoms with Crippen LogP contribution in [-0.4, -0.2) is 46.2 Å². The van der Waals surface area contributed by atoms with E-state index in [9.17, 15) is 20.0 Å². The first-order valence-corrected chi connectivity index (χ1v) is 8.57. The first kappa shape index (κ1) is 18.2. The highest BCUT2D eigenvalue weighted by Gasteiger charge is 2.51. The van der Waals surface area contributed by atoms with Crippen molar-refractivity contribution >= 4 is 11.6 Å². The molecule has 3 rings (SSSR count). The molecule has 8 nitrogen and oxygen atoms in total. The van der Waals surface area contributed by atoms with Crippen molar-refractivity contribution < 1.29 is 24.3 Å². The Morgan fingerprint density at radius 3 is 2.65 bits per heavy atom. The maximum atomic E-state index is 12.5. The first-order valence-electron chi connectivity index (χ1n) is 8.57. The molecule has 0 unspecified atom stereocenters. The minimum absolute atomic E-state index is 0.114. The van der Waals surface area contributed by atoms with Gasteiger partial charge in [-0.05, 0) is 18.9 Å². The summed E-state index contributed by atoms with van der Waals surface area (Å²) in [4.78, 5) is 24.7. The van der Waals surface area contributed by atoms with Gasteiger partial charge in [0.25, 0.3) is 11.6 Å². The Morgan fingerprint density at radius 2 is 2.12 bits per heavy atom. The molecule has 0 radical (unpaired) electrons. The van der Waals surface area contributed by atoms with Gasteiger partial charge in [-0.15, -0.1) is 0 Å². The van der Waals surface area contributed by atoms with Crippen molar-refractivity contribution in [2.24, 2.45) is 0 Å². The van der Waals surface area contributed by atoms with Crippen molar-refractivity contribution in [3.63, 3.8) is 0 Å². The number of carbonyl (C=O) groups excluding carboxylic acids is 1. The molecule has 0 aromatic heterocycles. The zero-order valence-electron chi connectivity index (χ0n) is 15.0. The number of hydrogen-bond acceptors (Lipinski definition) is 6. The van der Waals surface area contributed by atoms with Crippen LogP contribution in [0.2, 0.25) is 0 Å². The average Bonchev–Trinajstić information content (AvgIpc) is 3.01. The summed E-state index contributed by atoms with van der Waals surface area (Å²) in [5.74, 6) is 0.638. The van der Waals surface area contributed by atoms with Gasteiger partial charge in [0, 0.05) is 23.8 Å². The summed E-state index contributed by atoms with van der Waals surface area (Å²) >= 11 is 0. The van der Waals surface area contributed by atoms with Gasteiger partial charge in [-0.3, -0.25) is 14.9 Å². The number of non-ortho nitro benzene ring substituents is 1. The van der Waals surface area contributed by atoms with Crippen LogP contribution in [0.3, 0.4) is 0 Å². The van der Waals surface area contributed by atoms with E-state index < -0.39 is 22.7 Å². The van der Waals surface area contributed by atoms with Crippen molar-refractivity contribution in [3.05, 3.63) is 45.7 Å². The van der Waals surface area contributed by atoms with Crippen LogP contribution in [0.1, 0.15) is 38.3 Å². The number of nitro benzene ring substituents is 1. The molecule has 1 aromatic rings. The standard InChI is InChI=1S/C18H22N2O6/c1-4-18(5-2)17(22)16(19-10-12(25-3)9-15(19)21)13-8-11(20(23)24)6-7-14(13)26-18/h6-9,16-17,22H,4-5,10H2,1-3H3/t16-,17+/m1/s1. The van der Waals surface area contributed by atoms with Crippen LogP contribution in [0.4, 0.5) is 5.69 Å². The van der Waals surface area contributed by atoms with Crippen molar-refractivity contribution in [2.75, 3.05) is 13.7 Å². The fraction of sp³-hybridized carbons (Fsp3) is 0.500. The molecular formula is C18H22N2O6. The van der Waals surface area contributed by atoms with Crippen LogP contribution in [0.25, 0.3) is 0 Å². The SMILES string of the molecule is CCC1(CC)Oc2ccc([N+](=O)[O-])cc2[C@@H](N2CC(OC)=CC2=O)[C@@H]1O. The molecule has 2 atom stereocenters. The topological polar surface area (TPSA) is 102 Å². The minimum Gasteiger partial charge on any atom is -0.499 e. The molecule has 1 N–H and O–H groups in total. The third kappa shape index (κ3) is 2.70. The van der Waals surface area contributed by atoms with Gasteiger partial charge in [0.2, 0.25) is 0 Å². The molecule has 2 aliphatic heterocycles. The average molecular weight is 362 g/mol. The smallest absolute Gasteiger partial charge is 0.270 e. The number of hydrogen-bond donors (Lipinski definition) is 1. The zero-order chi connectivity index (χ0) is 19.1. The predicted molar refractivity (Wildman–Crippen MR) is 92.6 cm³/mol. The van der Waals surface area contributed by atoms with Crippen LogP contribution in [-0.2, 0) is 9.53 Å². The summed E-state index contributed by atoms with van der Waals surface area (Å²) in [6.07, 6.45) is 1.41. The van der Waals surface area contributed by atoms with Crippen LogP contribution in [0.15, 0.2) is 30.0 Å². The number of methoxy groups -OCH3 is 1. The Kier molecular flexibility index (Phi) is 4.62. The normalized spacial score (nSPS) is 23.9. The Bertz CT molecular complexity index is 771. The molecule has 140 valence electrons. The molecule has 0 spiro atoms. The maximum Gasteiger partial charge on any atom is 0.270 e. The molecule has 0 aliphatic carbocycles. The van der Waals surface area contributed by atoms with E-state index in [1.807, 2.05) is 13.8 Å². The van der Waals surface area contributed by atoms with Crippen molar-refractivity contribution in [3.8, 4) is 5.75 Å². The summed E-state index contributed by atoms with van der Waals surface area (Å²) < 4.78 is 11.3. The number of ether oxygens (including phenoxy) is 2. The zero-order valence-corrected chi connectivity index (χ0v) is 15.0. The molecule has 2 heterocycles. The van der Waals surface area contributed by atoms with E-state index >= 15 is 0 Å². The molecule has 0 saturated heterocycles. The second kappa shape index (κ2) is 6.60. The Labute approximate surface area is 151 Å². The van der Waals surface area contributed by atoms with Crippen LogP contribution in [0.5, 0.6) is 5.75 Å². The highest BCUT2D eigenvalue weighted by Crippen LogP contribution is 2.47. The quantitative estimate of drug-likeness (QED) is 0.637. The minimum atomic E-state index is -1.03. The van der Waals surface area contributed by atoms with Gasteiger partial charge in [0.1, 0.15) is 23.2 Å². The summed E-state index contributed by atoms with van der Waals surface area (Å²) in [5.41, 5.74) is -0.552. The lowest BCUT2D eigenvalue weighted by atomic mass is 9.80. The van der Waals surface area contributed by atoms with Crippen molar-refractivity contribution in [2.45, 2.75) is 44.4 Å². The van der Waals surface area contributed by atoms with Gasteiger partial charge in [-0.1, -0.05) is 13.8 Å². The van der Waals surface area contributed by atoms with Crippen LogP contribution < -0.4 is 4.74 Å². The lowest BCUT2D eigenvalue weighted by Crippen LogP contribution is -2.56. The number of nitrogens with zero attached hydrogens (tertiary/aromatic N) is 2. The third-order valence-electron chi connectivity index (χ3n) is 5.36. The van der Waals surface area contributed by atoms with Gasteiger partial charge < -0.3 is 19.5 Å². The third-order valence-corrected chi connectivity index (χ3v) is 5.36. The van der Waals surface area contributed by atoms with Crippen molar-refractivity contribution in [1.82, 2.24) is 4.90 Å². The van der Waals surface area contributed by atoms with E-state index in [2.05, 4.69) is 0 Å². The molecule has 26 heavy (non-hydrogen) atoms. The molecular weight excluding hydrogens is 340 g/mol. The number of rotatable bonds is 5. The summed E-state index contributed by atoms with van der Waals surface area (Å²) in [6.45, 7) is 4.01. The lowest BCUT2D eigenvalue weighted by Gasteiger charge is -2.48. The molecule has 1 amide bonds. The molecule has 0 fully saturated rings. The van der Waals surface area contributed by atoms with Gasteiger partial charge in [-0.25, -0.2) is 0 Å². The van der Waals surface area contributed by atoms with E-state index in [0.717, 1.165) is 0 Å². The summed E-state index contributed by atoms with van der Waals surface area (Å²) in [5, 5.41) is 22.3. The van der Waals surface area contributed by atoms with Crippen LogP contribution >= 0.6 is 0 Å². The second-order valence-corrected chi connectivity index (χ2v) is 6.52. The van der Waals surface area contributed by atoms with Gasteiger partial charge in [0.15, 0.2) is 0 Å². The summed E-state index contributed by atoms with van der Waals surface area (Å²) in [6, 6.07) is 3.53. The molecule has 1 aromatic carbocycles. The summed E-state index contributed by atoms with van der Waals surface area (Å²) in [7, 11) is 1.48. The second-order valence-electron chi connectivity index (χ2n) is 6.52. The number of nitro groups is 1. The Morgan fingerprint density at radius 1 is 1.42 bits per heavy atom. The van der Waals surface area contributed by atoms with E-state index in [1.54, 1.807) is 0 Å². The van der Waals surface area contributed by atoms with E-state index in [1.165, 1.54) is 36.3 Å². The molecule has 0 bridgehead atoms. The fourth-order valence-electron chi connectivity index (χ4n) is 3.73. The lowest BCUT2D eigenvalue weighted by molar-refractivity contribution is -0.385. The fourth-order valence-corrected chi connectivity index (χ4v) is 3.73. The molecule has 0 saturated carbocycles. The first-order chi connectivity index (χ1) is 12.4. The monoisotopic (exact) mass is 362 g/mol. The number of carbonyl (C=O) groups is 1. The largest absolute Gasteiger partial charge is 0.499 e. The molecule has 8 heteroatoms. The van der Waals surface area contributed by atoms with E-state index in [-0.39, 0.29) is 18.1 Å². The van der Waals surface area contributed by atoms with E-state index in [0.29, 0.717) is 29.9 Å². The van der Waals surface area contributed by atoms with Gasteiger partial charge >= 0.3 is 0 Å². The Hall–Kier alpha value is -2.61. The number of amides is 1. The number of aliphatic hydroxyl groups excluding tert-OH is 1.